The third-order valence-electron chi connectivity index (χ3n) is 2.33. The molecule has 1 heterocycles. The van der Waals surface area contributed by atoms with E-state index in [1.807, 2.05) is 0 Å². The molecule has 1 aromatic carbocycles. The van der Waals surface area contributed by atoms with Crippen LogP contribution in [0.25, 0.3) is 10.2 Å². The highest BCUT2D eigenvalue weighted by Gasteiger charge is 2.07. The van der Waals surface area contributed by atoms with Gasteiger partial charge in [0.05, 0.1) is 10.2 Å². The predicted molar refractivity (Wildman–Crippen MR) is 70.0 cm³/mol. The molecule has 0 spiro atoms. The second-order valence-corrected chi connectivity index (χ2v) is 4.69. The first-order valence-electron chi connectivity index (χ1n) is 5.35. The second kappa shape index (κ2) is 5.11. The van der Waals surface area contributed by atoms with Gasteiger partial charge in [-0.05, 0) is 31.2 Å². The standard InChI is InChI=1S/C11H14N4OS/c12-4-1-5-14-10(16)7-2-3-8-9(6-7)17-11(13)15-8/h2-3,6H,1,4-5,12H2,(H2,13,15)(H,14,16). The van der Waals surface area contributed by atoms with Gasteiger partial charge in [0.25, 0.3) is 5.91 Å². The molecule has 0 radical (unpaired) electrons. The summed E-state index contributed by atoms with van der Waals surface area (Å²) < 4.78 is 0.925. The number of hydrogen-bond acceptors (Lipinski definition) is 5. The number of nitrogens with two attached hydrogens (primary N) is 2. The average molecular weight is 250 g/mol. The van der Waals surface area contributed by atoms with E-state index < -0.39 is 0 Å². The Hall–Kier alpha value is -1.66. The fourth-order valence-corrected chi connectivity index (χ4v) is 2.26. The van der Waals surface area contributed by atoms with E-state index in [1.165, 1.54) is 11.3 Å². The smallest absolute Gasteiger partial charge is 0.251 e. The number of hydrogen-bond donors (Lipinski definition) is 3. The Morgan fingerprint density at radius 2 is 2.29 bits per heavy atom. The van der Waals surface area contributed by atoms with Crippen LogP contribution in [-0.4, -0.2) is 24.0 Å². The van der Waals surface area contributed by atoms with Gasteiger partial charge in [-0.3, -0.25) is 4.79 Å². The van der Waals surface area contributed by atoms with Crippen molar-refractivity contribution >= 4 is 32.6 Å². The van der Waals surface area contributed by atoms with Crippen molar-refractivity contribution in [2.75, 3.05) is 18.8 Å². The van der Waals surface area contributed by atoms with Crippen molar-refractivity contribution in [3.8, 4) is 0 Å². The summed E-state index contributed by atoms with van der Waals surface area (Å²) in [4.78, 5) is 15.9. The molecule has 0 aliphatic carbocycles. The zero-order valence-electron chi connectivity index (χ0n) is 9.27. The molecule has 2 aromatic rings. The molecular formula is C11H14N4OS. The first-order valence-corrected chi connectivity index (χ1v) is 6.16. The lowest BCUT2D eigenvalue weighted by atomic mass is 10.2. The zero-order chi connectivity index (χ0) is 12.3. The van der Waals surface area contributed by atoms with Gasteiger partial charge in [0.1, 0.15) is 0 Å². The number of anilines is 1. The van der Waals surface area contributed by atoms with Gasteiger partial charge in [-0.1, -0.05) is 11.3 Å². The van der Waals surface area contributed by atoms with Crippen molar-refractivity contribution in [1.82, 2.24) is 10.3 Å². The van der Waals surface area contributed by atoms with Crippen molar-refractivity contribution < 1.29 is 4.79 Å². The highest BCUT2D eigenvalue weighted by Crippen LogP contribution is 2.24. The normalized spacial score (nSPS) is 10.6. The van der Waals surface area contributed by atoms with Gasteiger partial charge in [0.15, 0.2) is 5.13 Å². The number of aromatic nitrogens is 1. The van der Waals surface area contributed by atoms with E-state index in [-0.39, 0.29) is 5.91 Å². The van der Waals surface area contributed by atoms with Gasteiger partial charge < -0.3 is 16.8 Å². The fourth-order valence-electron chi connectivity index (χ4n) is 1.49. The van der Waals surface area contributed by atoms with Gasteiger partial charge in [-0.25, -0.2) is 4.98 Å². The van der Waals surface area contributed by atoms with Gasteiger partial charge >= 0.3 is 0 Å². The number of carbonyl (C=O) groups excluding carboxylic acids is 1. The molecule has 5 N–H and O–H groups in total. The SMILES string of the molecule is NCCCNC(=O)c1ccc2nc(N)sc2c1. The number of amides is 1. The molecule has 0 bridgehead atoms. The predicted octanol–water partition coefficient (Wildman–Crippen LogP) is 0.957. The minimum absolute atomic E-state index is 0.0904. The quantitative estimate of drug-likeness (QED) is 0.704. The van der Waals surface area contributed by atoms with Crippen LogP contribution in [0.2, 0.25) is 0 Å². The Bertz CT molecular complexity index is 537. The lowest BCUT2D eigenvalue weighted by Crippen LogP contribution is -2.25. The minimum atomic E-state index is -0.0904. The van der Waals surface area contributed by atoms with Crippen LogP contribution in [0.15, 0.2) is 18.2 Å². The number of nitrogen functional groups attached to an aromatic ring is 1. The number of nitrogens with zero attached hydrogens (tertiary/aromatic N) is 1. The van der Waals surface area contributed by atoms with E-state index in [4.69, 9.17) is 11.5 Å². The third kappa shape index (κ3) is 2.72. The molecule has 0 aliphatic heterocycles. The molecule has 0 fully saturated rings. The molecule has 0 saturated carbocycles. The summed E-state index contributed by atoms with van der Waals surface area (Å²) >= 11 is 1.38. The van der Waals surface area contributed by atoms with Gasteiger partial charge in [-0.2, -0.15) is 0 Å². The van der Waals surface area contributed by atoms with Crippen LogP contribution in [0.3, 0.4) is 0 Å². The number of fused-ring (bicyclic) bond motifs is 1. The van der Waals surface area contributed by atoms with Crippen LogP contribution < -0.4 is 16.8 Å². The van der Waals surface area contributed by atoms with Gasteiger partial charge in [0.2, 0.25) is 0 Å². The monoisotopic (exact) mass is 250 g/mol. The maximum Gasteiger partial charge on any atom is 0.251 e. The summed E-state index contributed by atoms with van der Waals surface area (Å²) in [6.45, 7) is 1.17. The number of nitrogens with one attached hydrogen (secondary N) is 1. The van der Waals surface area contributed by atoms with Crippen LogP contribution in [0.4, 0.5) is 5.13 Å². The lowest BCUT2D eigenvalue weighted by Gasteiger charge is -2.03. The Balaban J connectivity index is 2.15. The molecule has 5 nitrogen and oxygen atoms in total. The van der Waals surface area contributed by atoms with Crippen molar-refractivity contribution in [2.24, 2.45) is 5.73 Å². The second-order valence-electron chi connectivity index (χ2n) is 3.63. The van der Waals surface area contributed by atoms with Crippen LogP contribution >= 0.6 is 11.3 Å². The Kier molecular flexibility index (Phi) is 3.55. The summed E-state index contributed by atoms with van der Waals surface area (Å²) in [5.41, 5.74) is 12.4. The van der Waals surface area contributed by atoms with E-state index in [9.17, 15) is 4.79 Å². The average Bonchev–Trinajstić information content (AvgIpc) is 2.68. The van der Waals surface area contributed by atoms with Crippen LogP contribution in [-0.2, 0) is 0 Å². The van der Waals surface area contributed by atoms with Crippen molar-refractivity contribution in [2.45, 2.75) is 6.42 Å². The topological polar surface area (TPSA) is 94.0 Å². The van der Waals surface area contributed by atoms with Crippen molar-refractivity contribution in [3.63, 3.8) is 0 Å². The summed E-state index contributed by atoms with van der Waals surface area (Å²) in [6.07, 6.45) is 0.779. The molecule has 90 valence electrons. The fraction of sp³-hybridized carbons (Fsp3) is 0.273. The summed E-state index contributed by atoms with van der Waals surface area (Å²) in [7, 11) is 0. The molecule has 17 heavy (non-hydrogen) atoms. The number of benzene rings is 1. The van der Waals surface area contributed by atoms with Gasteiger partial charge in [-0.15, -0.1) is 0 Å². The summed E-state index contributed by atoms with van der Waals surface area (Å²) in [6, 6.07) is 5.36. The first-order chi connectivity index (χ1) is 8.20. The molecule has 1 amide bonds. The summed E-state index contributed by atoms with van der Waals surface area (Å²) in [5.74, 6) is -0.0904. The molecule has 2 rings (SSSR count). The van der Waals surface area contributed by atoms with E-state index in [0.717, 1.165) is 16.6 Å². The maximum atomic E-state index is 11.8. The molecule has 1 aromatic heterocycles. The highest BCUT2D eigenvalue weighted by atomic mass is 32.1. The van der Waals surface area contributed by atoms with Crippen LogP contribution in [0.5, 0.6) is 0 Å². The molecular weight excluding hydrogens is 236 g/mol. The highest BCUT2D eigenvalue weighted by molar-refractivity contribution is 7.22. The van der Waals surface area contributed by atoms with Gasteiger partial charge in [0, 0.05) is 12.1 Å². The Labute approximate surface area is 103 Å². The Morgan fingerprint density at radius 3 is 3.06 bits per heavy atom. The van der Waals surface area contributed by atoms with E-state index in [2.05, 4.69) is 10.3 Å². The maximum absolute atomic E-state index is 11.8. The van der Waals surface area contributed by atoms with Crippen LogP contribution in [0.1, 0.15) is 16.8 Å². The lowest BCUT2D eigenvalue weighted by molar-refractivity contribution is 0.0953. The van der Waals surface area contributed by atoms with E-state index in [1.54, 1.807) is 18.2 Å². The summed E-state index contributed by atoms with van der Waals surface area (Å²) in [5, 5.41) is 3.32. The van der Waals surface area contributed by atoms with Crippen LogP contribution in [0, 0.1) is 0 Å². The number of carbonyl (C=O) groups is 1. The largest absolute Gasteiger partial charge is 0.375 e. The molecule has 0 saturated heterocycles. The zero-order valence-corrected chi connectivity index (χ0v) is 10.1. The molecule has 6 heteroatoms. The van der Waals surface area contributed by atoms with Crippen molar-refractivity contribution in [3.05, 3.63) is 23.8 Å². The Morgan fingerprint density at radius 1 is 1.47 bits per heavy atom. The first kappa shape index (κ1) is 11.8. The van der Waals surface area contributed by atoms with E-state index in [0.29, 0.717) is 23.8 Å². The molecule has 0 atom stereocenters. The number of thiazole rings is 1. The third-order valence-corrected chi connectivity index (χ3v) is 3.18. The van der Waals surface area contributed by atoms with E-state index >= 15 is 0 Å². The van der Waals surface area contributed by atoms with Crippen molar-refractivity contribution in [1.29, 1.82) is 0 Å². The molecule has 0 unspecified atom stereocenters. The number of rotatable bonds is 4. The molecule has 0 aliphatic rings. The minimum Gasteiger partial charge on any atom is -0.375 e.